The summed E-state index contributed by atoms with van der Waals surface area (Å²) in [6, 6.07) is 15.1. The van der Waals surface area contributed by atoms with Crippen molar-refractivity contribution in [1.82, 2.24) is 15.0 Å². The van der Waals surface area contributed by atoms with Gasteiger partial charge >= 0.3 is 0 Å². The van der Waals surface area contributed by atoms with Gasteiger partial charge in [0.05, 0.1) is 5.52 Å². The number of allylic oxidation sites excluding steroid dienone is 1. The third-order valence-electron chi connectivity index (χ3n) is 2.85. The molecule has 5 heteroatoms. The maximum atomic E-state index is 12.1. The Hall–Kier alpha value is -2.27. The van der Waals surface area contributed by atoms with Gasteiger partial charge in [0.25, 0.3) is 5.91 Å². The minimum atomic E-state index is -0.221. The second kappa shape index (κ2) is 5.38. The number of hydrogen-bond acceptors (Lipinski definition) is 3. The Morgan fingerprint density at radius 2 is 1.85 bits per heavy atom. The summed E-state index contributed by atoms with van der Waals surface area (Å²) in [5.41, 5.74) is 2.36. The monoisotopic (exact) mass is 327 g/mol. The van der Waals surface area contributed by atoms with Crippen molar-refractivity contribution in [2.75, 3.05) is 0 Å². The van der Waals surface area contributed by atoms with E-state index in [0.29, 0.717) is 11.0 Å². The van der Waals surface area contributed by atoms with Crippen LogP contribution in [0, 0.1) is 0 Å². The van der Waals surface area contributed by atoms with Crippen LogP contribution in [-0.4, -0.2) is 20.9 Å². The van der Waals surface area contributed by atoms with E-state index in [-0.39, 0.29) is 5.91 Å². The van der Waals surface area contributed by atoms with Gasteiger partial charge in [0, 0.05) is 10.5 Å². The van der Waals surface area contributed by atoms with E-state index in [9.17, 15) is 4.79 Å². The summed E-state index contributed by atoms with van der Waals surface area (Å²) in [6.07, 6.45) is 3.25. The largest absolute Gasteiger partial charge is 0.272 e. The summed E-state index contributed by atoms with van der Waals surface area (Å²) in [4.78, 5) is 12.1. The highest BCUT2D eigenvalue weighted by Crippen LogP contribution is 2.12. The van der Waals surface area contributed by atoms with Gasteiger partial charge in [0.15, 0.2) is 0 Å². The van der Waals surface area contributed by atoms with Gasteiger partial charge in [-0.1, -0.05) is 45.4 Å². The lowest BCUT2D eigenvalue weighted by Crippen LogP contribution is -2.08. The van der Waals surface area contributed by atoms with Gasteiger partial charge in [-0.3, -0.25) is 4.79 Å². The Morgan fingerprint density at radius 3 is 2.65 bits per heavy atom. The molecule has 4 nitrogen and oxygen atoms in total. The fourth-order valence-electron chi connectivity index (χ4n) is 1.84. The lowest BCUT2D eigenvalue weighted by Gasteiger charge is -1.96. The topological polar surface area (TPSA) is 47.8 Å². The summed E-state index contributed by atoms with van der Waals surface area (Å²) < 4.78 is 2.30. The fraction of sp³-hybridized carbons (Fsp3) is 0. The summed E-state index contributed by atoms with van der Waals surface area (Å²) >= 11 is 3.37. The predicted molar refractivity (Wildman–Crippen MR) is 81.3 cm³/mol. The van der Waals surface area contributed by atoms with Crippen LogP contribution in [0.3, 0.4) is 0 Å². The zero-order valence-electron chi connectivity index (χ0n) is 10.4. The minimum absolute atomic E-state index is 0.221. The number of halogens is 1. The molecule has 0 radical (unpaired) electrons. The third kappa shape index (κ3) is 2.53. The molecule has 0 saturated heterocycles. The van der Waals surface area contributed by atoms with Crippen LogP contribution >= 0.6 is 15.9 Å². The second-order valence-corrected chi connectivity index (χ2v) is 5.13. The average Bonchev–Trinajstić information content (AvgIpc) is 2.90. The van der Waals surface area contributed by atoms with E-state index in [1.807, 2.05) is 48.5 Å². The van der Waals surface area contributed by atoms with E-state index in [1.165, 1.54) is 10.8 Å². The van der Waals surface area contributed by atoms with Crippen LogP contribution in [0.25, 0.3) is 17.1 Å². The number of rotatable bonds is 2. The maximum absolute atomic E-state index is 12.1. The van der Waals surface area contributed by atoms with Gasteiger partial charge < -0.3 is 0 Å². The number of benzene rings is 2. The van der Waals surface area contributed by atoms with Crippen molar-refractivity contribution in [1.29, 1.82) is 0 Å². The molecule has 0 aliphatic rings. The molecule has 0 N–H and O–H groups in total. The second-order valence-electron chi connectivity index (χ2n) is 4.21. The Kier molecular flexibility index (Phi) is 3.43. The lowest BCUT2D eigenvalue weighted by molar-refractivity contribution is 0.0958. The molecule has 20 heavy (non-hydrogen) atoms. The van der Waals surface area contributed by atoms with E-state index in [2.05, 4.69) is 26.2 Å². The van der Waals surface area contributed by atoms with Gasteiger partial charge in [-0.15, -0.1) is 5.10 Å². The van der Waals surface area contributed by atoms with E-state index < -0.39 is 0 Å². The van der Waals surface area contributed by atoms with Gasteiger partial charge in [0.1, 0.15) is 5.52 Å². The molecular formula is C15H10BrN3O. The van der Waals surface area contributed by atoms with E-state index in [1.54, 1.807) is 6.08 Å². The first-order chi connectivity index (χ1) is 9.74. The Labute approximate surface area is 123 Å². The SMILES string of the molecule is O=C(/C=C/c1ccc(Br)cc1)n1nnc2ccccc21. The first-order valence-corrected chi connectivity index (χ1v) is 6.82. The molecule has 0 saturated carbocycles. The predicted octanol–water partition coefficient (Wildman–Crippen LogP) is 3.55. The molecule has 1 heterocycles. The fourth-order valence-corrected chi connectivity index (χ4v) is 2.11. The van der Waals surface area contributed by atoms with Gasteiger partial charge in [-0.05, 0) is 35.9 Å². The highest BCUT2D eigenvalue weighted by atomic mass is 79.9. The van der Waals surface area contributed by atoms with Crippen molar-refractivity contribution in [2.24, 2.45) is 0 Å². The van der Waals surface area contributed by atoms with Gasteiger partial charge in [0.2, 0.25) is 0 Å². The Balaban J connectivity index is 1.87. The van der Waals surface area contributed by atoms with E-state index >= 15 is 0 Å². The van der Waals surface area contributed by atoms with Crippen molar-refractivity contribution in [2.45, 2.75) is 0 Å². The number of fused-ring (bicyclic) bond motifs is 1. The molecule has 0 bridgehead atoms. The molecule has 3 rings (SSSR count). The summed E-state index contributed by atoms with van der Waals surface area (Å²) in [6.45, 7) is 0. The molecule has 2 aromatic carbocycles. The van der Waals surface area contributed by atoms with Crippen LogP contribution < -0.4 is 0 Å². The molecule has 3 aromatic rings. The van der Waals surface area contributed by atoms with Crippen molar-refractivity contribution < 1.29 is 4.79 Å². The Morgan fingerprint density at radius 1 is 1.10 bits per heavy atom. The van der Waals surface area contributed by atoms with E-state index in [0.717, 1.165) is 10.0 Å². The molecule has 0 unspecified atom stereocenters. The van der Waals surface area contributed by atoms with Gasteiger partial charge in [-0.2, -0.15) is 4.68 Å². The summed E-state index contributed by atoms with van der Waals surface area (Å²) in [5.74, 6) is -0.221. The number of nitrogens with zero attached hydrogens (tertiary/aromatic N) is 3. The molecule has 0 fully saturated rings. The minimum Gasteiger partial charge on any atom is -0.267 e. The number of aromatic nitrogens is 3. The van der Waals surface area contributed by atoms with Crippen LogP contribution in [0.15, 0.2) is 59.1 Å². The maximum Gasteiger partial charge on any atom is 0.272 e. The Bertz CT molecular complexity index is 790. The normalized spacial score (nSPS) is 11.2. The summed E-state index contributed by atoms with van der Waals surface area (Å²) in [7, 11) is 0. The van der Waals surface area contributed by atoms with Crippen molar-refractivity contribution in [3.05, 3.63) is 64.6 Å². The van der Waals surface area contributed by atoms with Crippen molar-refractivity contribution in [3.63, 3.8) is 0 Å². The average molecular weight is 328 g/mol. The molecule has 0 spiro atoms. The molecule has 0 aliphatic carbocycles. The smallest absolute Gasteiger partial charge is 0.267 e. The number of carbonyl (C=O) groups is 1. The molecule has 1 aromatic heterocycles. The molecule has 0 aliphatic heterocycles. The van der Waals surface area contributed by atoms with Crippen LogP contribution in [0.4, 0.5) is 0 Å². The van der Waals surface area contributed by atoms with Gasteiger partial charge in [-0.25, -0.2) is 0 Å². The third-order valence-corrected chi connectivity index (χ3v) is 3.38. The number of carbonyl (C=O) groups excluding carboxylic acids is 1. The highest BCUT2D eigenvalue weighted by molar-refractivity contribution is 9.10. The zero-order chi connectivity index (χ0) is 13.9. The molecule has 0 atom stereocenters. The molecule has 98 valence electrons. The number of para-hydroxylation sites is 1. The zero-order valence-corrected chi connectivity index (χ0v) is 12.0. The van der Waals surface area contributed by atoms with Crippen molar-refractivity contribution in [3.8, 4) is 0 Å². The highest BCUT2D eigenvalue weighted by Gasteiger charge is 2.08. The quantitative estimate of drug-likeness (QED) is 0.676. The van der Waals surface area contributed by atoms with Crippen LogP contribution in [-0.2, 0) is 0 Å². The standard InChI is InChI=1S/C15H10BrN3O/c16-12-8-5-11(6-9-12)7-10-15(20)19-14-4-2-1-3-13(14)17-18-19/h1-10H/b10-7+. The van der Waals surface area contributed by atoms with Crippen molar-refractivity contribution >= 4 is 38.9 Å². The van der Waals surface area contributed by atoms with Crippen LogP contribution in [0.1, 0.15) is 10.4 Å². The summed E-state index contributed by atoms with van der Waals surface area (Å²) in [5, 5.41) is 7.84. The molecule has 0 amide bonds. The molecular weight excluding hydrogens is 318 g/mol. The van der Waals surface area contributed by atoms with Crippen LogP contribution in [0.5, 0.6) is 0 Å². The number of hydrogen-bond donors (Lipinski definition) is 0. The van der Waals surface area contributed by atoms with E-state index in [4.69, 9.17) is 0 Å². The first-order valence-electron chi connectivity index (χ1n) is 6.02. The van der Waals surface area contributed by atoms with Crippen LogP contribution in [0.2, 0.25) is 0 Å². The lowest BCUT2D eigenvalue weighted by atomic mass is 10.2. The first kappa shape index (κ1) is 12.7.